The van der Waals surface area contributed by atoms with E-state index in [9.17, 15) is 9.59 Å². The first-order chi connectivity index (χ1) is 11.4. The van der Waals surface area contributed by atoms with Crippen molar-refractivity contribution in [1.82, 2.24) is 0 Å². The highest BCUT2D eigenvalue weighted by molar-refractivity contribution is 6.09. The van der Waals surface area contributed by atoms with Gasteiger partial charge in [0.05, 0.1) is 5.69 Å². The number of rotatable bonds is 3. The van der Waals surface area contributed by atoms with Gasteiger partial charge >= 0.3 is 0 Å². The number of carbonyl (C=O) groups excluding carboxylic acids is 2. The fourth-order valence-electron chi connectivity index (χ4n) is 5.69. The molecular weight excluding hydrogens is 298 g/mol. The van der Waals surface area contributed by atoms with Crippen molar-refractivity contribution >= 4 is 18.0 Å². The van der Waals surface area contributed by atoms with Crippen molar-refractivity contribution in [3.63, 3.8) is 0 Å². The lowest BCUT2D eigenvalue weighted by atomic mass is 9.83. The maximum Gasteiger partial charge on any atom is 0.237 e. The Morgan fingerprint density at radius 1 is 1.12 bits per heavy atom. The molecule has 2 bridgehead atoms. The first kappa shape index (κ1) is 15.6. The highest BCUT2D eigenvalue weighted by Crippen LogP contribution is 2.72. The average molecular weight is 323 g/mol. The van der Waals surface area contributed by atoms with Crippen molar-refractivity contribution in [2.45, 2.75) is 40.5 Å². The third kappa shape index (κ3) is 1.90. The lowest BCUT2D eigenvalue weighted by Crippen LogP contribution is -2.40. The summed E-state index contributed by atoms with van der Waals surface area (Å²) in [5.74, 6) is 1.08. The fourth-order valence-corrected chi connectivity index (χ4v) is 5.69. The Bertz CT molecular complexity index is 736. The van der Waals surface area contributed by atoms with Crippen LogP contribution in [-0.4, -0.2) is 12.3 Å². The van der Waals surface area contributed by atoms with Gasteiger partial charge in [-0.2, -0.15) is 0 Å². The second-order valence-electron chi connectivity index (χ2n) is 8.12. The van der Waals surface area contributed by atoms with Gasteiger partial charge in [0.1, 0.15) is 0 Å². The highest BCUT2D eigenvalue weighted by Gasteiger charge is 2.67. The molecule has 2 saturated carbocycles. The van der Waals surface area contributed by atoms with Crippen LogP contribution in [0.15, 0.2) is 24.3 Å². The second-order valence-corrected chi connectivity index (χ2v) is 8.12. The third-order valence-electron chi connectivity index (χ3n) is 6.70. The summed E-state index contributed by atoms with van der Waals surface area (Å²) < 4.78 is 0. The smallest absolute Gasteiger partial charge is 0.237 e. The van der Waals surface area contributed by atoms with Gasteiger partial charge in [-0.1, -0.05) is 36.8 Å². The highest BCUT2D eigenvalue weighted by atomic mass is 16.2. The number of carbonyl (C=O) groups is 2. The zero-order valence-corrected chi connectivity index (χ0v) is 14.9. The minimum Gasteiger partial charge on any atom is -0.278 e. The van der Waals surface area contributed by atoms with Gasteiger partial charge in [0.25, 0.3) is 0 Å². The van der Waals surface area contributed by atoms with E-state index in [1.54, 1.807) is 0 Å². The van der Waals surface area contributed by atoms with E-state index in [4.69, 9.17) is 0 Å². The predicted octanol–water partition coefficient (Wildman–Crippen LogP) is 3.95. The minimum absolute atomic E-state index is 0.0179. The molecule has 0 N–H and O–H groups in total. The number of hydrogen-bond donors (Lipinski definition) is 0. The number of allylic oxidation sites excluding steroid dienone is 2. The van der Waals surface area contributed by atoms with Crippen LogP contribution in [0.2, 0.25) is 0 Å². The zero-order valence-electron chi connectivity index (χ0n) is 14.9. The number of amides is 2. The van der Waals surface area contributed by atoms with Gasteiger partial charge in [-0.3, -0.25) is 14.5 Å². The van der Waals surface area contributed by atoms with Crippen molar-refractivity contribution in [3.05, 3.63) is 41.0 Å². The van der Waals surface area contributed by atoms with Gasteiger partial charge in [0, 0.05) is 5.92 Å². The van der Waals surface area contributed by atoms with E-state index in [2.05, 4.69) is 19.1 Å². The van der Waals surface area contributed by atoms with E-state index in [0.717, 1.165) is 28.8 Å². The molecule has 126 valence electrons. The van der Waals surface area contributed by atoms with Crippen LogP contribution in [0, 0.1) is 49.9 Å². The van der Waals surface area contributed by atoms with Crippen LogP contribution < -0.4 is 4.90 Å². The van der Waals surface area contributed by atoms with Crippen LogP contribution in [-0.2, 0) is 9.59 Å². The minimum atomic E-state index is -0.0622. The van der Waals surface area contributed by atoms with E-state index in [0.29, 0.717) is 23.2 Å². The maximum atomic E-state index is 13.3. The number of aryl methyl sites for hydroxylation is 3. The van der Waals surface area contributed by atoms with Crippen molar-refractivity contribution in [1.29, 1.82) is 0 Å². The lowest BCUT2D eigenvalue weighted by Gasteiger charge is -2.29. The number of hydrogen-bond acceptors (Lipinski definition) is 2. The average Bonchev–Trinajstić information content (AvgIpc) is 3.17. The Labute approximate surface area is 143 Å². The second kappa shape index (κ2) is 5.05. The molecule has 3 heteroatoms. The predicted molar refractivity (Wildman–Crippen MR) is 94.6 cm³/mol. The van der Waals surface area contributed by atoms with E-state index < -0.39 is 0 Å². The molecule has 0 aliphatic heterocycles. The molecule has 3 nitrogen and oxygen atoms in total. The Morgan fingerprint density at radius 3 is 2.21 bits per heavy atom. The van der Waals surface area contributed by atoms with Gasteiger partial charge in [0.2, 0.25) is 12.3 Å². The summed E-state index contributed by atoms with van der Waals surface area (Å²) in [6, 6.07) is 4.08. The van der Waals surface area contributed by atoms with Gasteiger partial charge in [-0.25, -0.2) is 0 Å². The van der Waals surface area contributed by atoms with Gasteiger partial charge in [0.15, 0.2) is 0 Å². The SMILES string of the molecule is Cc1cc(C)c(N(C=O)C(=O)C2C(C)C3C=CC2C32CC2)c(C)c1. The summed E-state index contributed by atoms with van der Waals surface area (Å²) >= 11 is 0. The normalized spacial score (nSPS) is 31.5. The van der Waals surface area contributed by atoms with Gasteiger partial charge < -0.3 is 0 Å². The lowest BCUT2D eigenvalue weighted by molar-refractivity contribution is -0.126. The molecule has 3 aliphatic carbocycles. The molecule has 24 heavy (non-hydrogen) atoms. The van der Waals surface area contributed by atoms with Crippen LogP contribution in [0.25, 0.3) is 0 Å². The first-order valence-corrected chi connectivity index (χ1v) is 8.95. The molecule has 4 unspecified atom stereocenters. The van der Waals surface area contributed by atoms with E-state index in [1.807, 2.05) is 32.9 Å². The molecule has 3 aliphatic rings. The molecule has 0 aromatic heterocycles. The van der Waals surface area contributed by atoms with E-state index in [-0.39, 0.29) is 11.8 Å². The molecule has 0 radical (unpaired) electrons. The summed E-state index contributed by atoms with van der Waals surface area (Å²) in [7, 11) is 0. The summed E-state index contributed by atoms with van der Waals surface area (Å²) in [4.78, 5) is 26.6. The molecule has 1 spiro atoms. The molecule has 0 heterocycles. The summed E-state index contributed by atoms with van der Waals surface area (Å²) in [5, 5.41) is 0. The number of nitrogens with zero attached hydrogens (tertiary/aromatic N) is 1. The molecule has 2 fully saturated rings. The fraction of sp³-hybridized carbons (Fsp3) is 0.524. The number of benzene rings is 1. The molecule has 4 rings (SSSR count). The molecule has 0 saturated heterocycles. The van der Waals surface area contributed by atoms with Crippen molar-refractivity contribution in [3.8, 4) is 0 Å². The van der Waals surface area contributed by atoms with Gasteiger partial charge in [-0.05, 0) is 67.9 Å². The van der Waals surface area contributed by atoms with Gasteiger partial charge in [-0.15, -0.1) is 0 Å². The summed E-state index contributed by atoms with van der Waals surface area (Å²) in [6.45, 7) is 8.18. The third-order valence-corrected chi connectivity index (χ3v) is 6.70. The van der Waals surface area contributed by atoms with E-state index >= 15 is 0 Å². The number of anilines is 1. The Morgan fingerprint density at radius 2 is 1.71 bits per heavy atom. The quantitative estimate of drug-likeness (QED) is 0.624. The van der Waals surface area contributed by atoms with Crippen molar-refractivity contribution < 1.29 is 9.59 Å². The topological polar surface area (TPSA) is 37.4 Å². The van der Waals surface area contributed by atoms with Crippen molar-refractivity contribution in [2.75, 3.05) is 4.90 Å². The Balaban J connectivity index is 1.71. The summed E-state index contributed by atoms with van der Waals surface area (Å²) in [6.07, 6.45) is 7.74. The van der Waals surface area contributed by atoms with Crippen LogP contribution in [0.3, 0.4) is 0 Å². The first-order valence-electron chi connectivity index (χ1n) is 8.95. The standard InChI is InChI=1S/C21H25NO2/c1-12-9-13(2)19(14(3)10-12)22(11-23)20(24)18-15(4)16-5-6-17(18)21(16)7-8-21/h5-6,9-11,15-18H,7-8H2,1-4H3. The zero-order chi connectivity index (χ0) is 17.2. The summed E-state index contributed by atoms with van der Waals surface area (Å²) in [5.41, 5.74) is 4.23. The molecule has 1 aromatic rings. The maximum absolute atomic E-state index is 13.3. The van der Waals surface area contributed by atoms with Crippen LogP contribution in [0.1, 0.15) is 36.5 Å². The molecule has 2 amide bonds. The van der Waals surface area contributed by atoms with Crippen LogP contribution in [0.5, 0.6) is 0 Å². The van der Waals surface area contributed by atoms with Crippen LogP contribution >= 0.6 is 0 Å². The molecular formula is C21H25NO2. The van der Waals surface area contributed by atoms with Crippen LogP contribution in [0.4, 0.5) is 5.69 Å². The van der Waals surface area contributed by atoms with E-state index in [1.165, 1.54) is 17.7 Å². The van der Waals surface area contributed by atoms with Crippen molar-refractivity contribution in [2.24, 2.45) is 29.1 Å². The Hall–Kier alpha value is -1.90. The largest absolute Gasteiger partial charge is 0.278 e. The number of imide groups is 1. The Kier molecular flexibility index (Phi) is 3.28. The molecule has 1 aromatic carbocycles. The monoisotopic (exact) mass is 323 g/mol. The molecule has 4 atom stereocenters.